The lowest BCUT2D eigenvalue weighted by molar-refractivity contribution is -0.0765. The minimum atomic E-state index is -0.369. The average Bonchev–Trinajstić information content (AvgIpc) is 3.37. The molecule has 1 aromatic heterocycles. The fraction of sp³-hybridized carbons (Fsp3) is 0.667. The molecule has 0 aliphatic heterocycles. The van der Waals surface area contributed by atoms with Gasteiger partial charge < -0.3 is 19.3 Å². The third kappa shape index (κ3) is 10.8. The highest BCUT2D eigenvalue weighted by atomic mass is 16.5. The van der Waals surface area contributed by atoms with Gasteiger partial charge in [-0.3, -0.25) is 4.68 Å². The van der Waals surface area contributed by atoms with Crippen molar-refractivity contribution in [2.45, 2.75) is 130 Å². The Morgan fingerprint density at radius 3 is 2.49 bits per heavy atom. The number of rotatable bonds is 18. The first-order chi connectivity index (χ1) is 20.3. The van der Waals surface area contributed by atoms with E-state index >= 15 is 0 Å². The first kappa shape index (κ1) is 34.8. The Morgan fingerprint density at radius 2 is 1.81 bits per heavy atom. The highest BCUT2D eigenvalue weighted by Crippen LogP contribution is 2.47. The van der Waals surface area contributed by atoms with Gasteiger partial charge in [-0.05, 0) is 104 Å². The van der Waals surface area contributed by atoms with Crippen LogP contribution in [0.2, 0.25) is 0 Å². The van der Waals surface area contributed by atoms with Crippen molar-refractivity contribution in [3.05, 3.63) is 59.0 Å². The Bertz CT molecular complexity index is 1210. The molecule has 3 rings (SSSR count). The second-order valence-electron chi connectivity index (χ2n) is 13.6. The van der Waals surface area contributed by atoms with E-state index in [9.17, 15) is 5.11 Å². The van der Waals surface area contributed by atoms with E-state index in [2.05, 4.69) is 84.4 Å². The maximum Gasteiger partial charge on any atom is 0.127 e. The second-order valence-corrected chi connectivity index (χ2v) is 13.6. The molecular formula is C36H57N3O4. The quantitative estimate of drug-likeness (QED) is 0.138. The summed E-state index contributed by atoms with van der Waals surface area (Å²) >= 11 is 0. The van der Waals surface area contributed by atoms with Gasteiger partial charge in [0.1, 0.15) is 18.1 Å². The van der Waals surface area contributed by atoms with Crippen LogP contribution >= 0.6 is 0 Å². The van der Waals surface area contributed by atoms with Crippen molar-refractivity contribution < 1.29 is 19.3 Å². The maximum absolute atomic E-state index is 11.3. The Morgan fingerprint density at radius 1 is 1.07 bits per heavy atom. The standard InChI is InChI=1S/C36H57N3O4/c1-10-12-13-14-28-22-32(40)34(31-21-27(5)15-16-30(31)26(3)4)33(23-28)41-19-20-43-35(6,7)17-18-42-36(8,9)24-29-25-39(11-2)38-37-29/h21-23,25,30-31,40H,3,10-20,24H2,1-2,4-9H3. The van der Waals surface area contributed by atoms with E-state index in [1.165, 1.54) is 12.0 Å². The zero-order valence-corrected chi connectivity index (χ0v) is 28.2. The van der Waals surface area contributed by atoms with E-state index in [4.69, 9.17) is 14.2 Å². The van der Waals surface area contributed by atoms with Gasteiger partial charge in [0.25, 0.3) is 0 Å². The molecule has 7 nitrogen and oxygen atoms in total. The molecule has 0 saturated heterocycles. The van der Waals surface area contributed by atoms with E-state index in [-0.39, 0.29) is 23.0 Å². The highest BCUT2D eigenvalue weighted by Gasteiger charge is 2.31. The van der Waals surface area contributed by atoms with Crippen molar-refractivity contribution in [3.8, 4) is 11.5 Å². The van der Waals surface area contributed by atoms with Gasteiger partial charge in [-0.1, -0.05) is 48.8 Å². The Balaban J connectivity index is 1.61. The summed E-state index contributed by atoms with van der Waals surface area (Å²) in [6, 6.07) is 4.08. The Labute approximate surface area is 260 Å². The first-order valence-corrected chi connectivity index (χ1v) is 16.3. The van der Waals surface area contributed by atoms with Crippen molar-refractivity contribution in [1.29, 1.82) is 0 Å². The molecule has 1 aromatic carbocycles. The molecule has 0 bridgehead atoms. The highest BCUT2D eigenvalue weighted by molar-refractivity contribution is 5.52. The molecule has 0 spiro atoms. The molecule has 43 heavy (non-hydrogen) atoms. The van der Waals surface area contributed by atoms with Gasteiger partial charge in [0, 0.05) is 30.6 Å². The molecule has 1 N–H and O–H groups in total. The third-order valence-electron chi connectivity index (χ3n) is 8.51. The number of allylic oxidation sites excluding steroid dienone is 3. The number of aryl methyl sites for hydroxylation is 2. The smallest absolute Gasteiger partial charge is 0.127 e. The third-order valence-corrected chi connectivity index (χ3v) is 8.51. The van der Waals surface area contributed by atoms with Gasteiger partial charge in [0.05, 0.1) is 30.1 Å². The molecule has 2 atom stereocenters. The predicted octanol–water partition coefficient (Wildman–Crippen LogP) is 8.35. The largest absolute Gasteiger partial charge is 0.507 e. The molecule has 1 aliphatic rings. The molecule has 240 valence electrons. The van der Waals surface area contributed by atoms with Gasteiger partial charge in [0.15, 0.2) is 0 Å². The van der Waals surface area contributed by atoms with Crippen LogP contribution < -0.4 is 4.74 Å². The van der Waals surface area contributed by atoms with E-state index in [0.29, 0.717) is 32.0 Å². The number of aromatic nitrogens is 3. The van der Waals surface area contributed by atoms with Gasteiger partial charge in [0.2, 0.25) is 0 Å². The number of hydrogen-bond donors (Lipinski definition) is 1. The van der Waals surface area contributed by atoms with E-state index in [1.54, 1.807) is 0 Å². The van der Waals surface area contributed by atoms with Crippen LogP contribution in [-0.4, -0.2) is 51.1 Å². The van der Waals surface area contributed by atoms with Crippen LogP contribution in [0.25, 0.3) is 0 Å². The minimum Gasteiger partial charge on any atom is -0.507 e. The molecule has 0 radical (unpaired) electrons. The molecule has 7 heteroatoms. The Kier molecular flexibility index (Phi) is 12.9. The lowest BCUT2D eigenvalue weighted by atomic mass is 9.73. The van der Waals surface area contributed by atoms with Gasteiger partial charge in [-0.15, -0.1) is 5.10 Å². The summed E-state index contributed by atoms with van der Waals surface area (Å²) in [6.07, 6.45) is 12.2. The fourth-order valence-corrected chi connectivity index (χ4v) is 5.93. The topological polar surface area (TPSA) is 78.6 Å². The van der Waals surface area contributed by atoms with Crippen molar-refractivity contribution in [2.75, 3.05) is 19.8 Å². The van der Waals surface area contributed by atoms with Crippen LogP contribution in [0.5, 0.6) is 11.5 Å². The zero-order chi connectivity index (χ0) is 31.6. The van der Waals surface area contributed by atoms with Gasteiger partial charge >= 0.3 is 0 Å². The number of phenols is 1. The number of unbranched alkanes of at least 4 members (excludes halogenated alkanes) is 2. The molecule has 2 unspecified atom stereocenters. The first-order valence-electron chi connectivity index (χ1n) is 16.3. The van der Waals surface area contributed by atoms with Crippen LogP contribution in [0.4, 0.5) is 0 Å². The monoisotopic (exact) mass is 595 g/mol. The van der Waals surface area contributed by atoms with Gasteiger partial charge in [-0.25, -0.2) is 0 Å². The van der Waals surface area contributed by atoms with Gasteiger partial charge in [-0.2, -0.15) is 0 Å². The summed E-state index contributed by atoms with van der Waals surface area (Å²) in [5, 5.41) is 19.7. The number of phenolic OH excluding ortho intramolecular Hbond substituents is 1. The lowest BCUT2D eigenvalue weighted by Gasteiger charge is -2.32. The molecule has 1 aliphatic carbocycles. The fourth-order valence-electron chi connectivity index (χ4n) is 5.93. The molecule has 0 fully saturated rings. The number of nitrogens with zero attached hydrogens (tertiary/aromatic N) is 3. The van der Waals surface area contributed by atoms with E-state index < -0.39 is 0 Å². The van der Waals surface area contributed by atoms with Crippen molar-refractivity contribution in [3.63, 3.8) is 0 Å². The van der Waals surface area contributed by atoms with E-state index in [0.717, 1.165) is 73.2 Å². The summed E-state index contributed by atoms with van der Waals surface area (Å²) < 4.78 is 20.8. The molecule has 2 aromatic rings. The molecular weight excluding hydrogens is 538 g/mol. The van der Waals surface area contributed by atoms with Crippen LogP contribution in [0.15, 0.2) is 42.1 Å². The van der Waals surface area contributed by atoms with Crippen LogP contribution in [0.3, 0.4) is 0 Å². The number of benzene rings is 1. The van der Waals surface area contributed by atoms with E-state index in [1.807, 2.05) is 16.9 Å². The number of ether oxygens (including phenoxy) is 3. The SMILES string of the molecule is C=C(C)C1CCC(C)=CC1c1c(O)cc(CCCCC)cc1OCCOC(C)(C)CCOC(C)(C)Cc1cn(CC)nn1. The molecule has 1 heterocycles. The Hall–Kier alpha value is -2.64. The lowest BCUT2D eigenvalue weighted by Crippen LogP contribution is -2.33. The second kappa shape index (κ2) is 15.9. The number of aromatic hydroxyl groups is 1. The predicted molar refractivity (Wildman–Crippen MR) is 175 cm³/mol. The summed E-state index contributed by atoms with van der Waals surface area (Å²) in [5.74, 6) is 1.42. The zero-order valence-electron chi connectivity index (χ0n) is 28.2. The normalized spacial score (nSPS) is 17.6. The van der Waals surface area contributed by atoms with Crippen LogP contribution in [0.1, 0.15) is 117 Å². The van der Waals surface area contributed by atoms with Crippen molar-refractivity contribution in [1.82, 2.24) is 15.0 Å². The van der Waals surface area contributed by atoms with Crippen molar-refractivity contribution in [2.24, 2.45) is 5.92 Å². The minimum absolute atomic E-state index is 0.0512. The average molecular weight is 596 g/mol. The maximum atomic E-state index is 11.3. The van der Waals surface area contributed by atoms with Crippen LogP contribution in [-0.2, 0) is 28.9 Å². The van der Waals surface area contributed by atoms with Crippen molar-refractivity contribution >= 4 is 0 Å². The summed E-state index contributed by atoms with van der Waals surface area (Å²) in [4.78, 5) is 0. The van der Waals surface area contributed by atoms with Crippen LogP contribution in [0, 0.1) is 5.92 Å². The summed E-state index contributed by atoms with van der Waals surface area (Å²) in [7, 11) is 0. The number of hydrogen-bond acceptors (Lipinski definition) is 6. The molecule has 0 saturated carbocycles. The summed E-state index contributed by atoms with van der Waals surface area (Å²) in [6.45, 7) is 23.4. The summed E-state index contributed by atoms with van der Waals surface area (Å²) in [5.41, 5.74) is 4.71. The molecule has 0 amide bonds.